The molecule has 0 bridgehead atoms. The minimum Gasteiger partial charge on any atom is -0.299 e. The average Bonchev–Trinajstić information content (AvgIpc) is 2.42. The zero-order valence-electron chi connectivity index (χ0n) is 14.7. The van der Waals surface area contributed by atoms with Crippen LogP contribution in [-0.4, -0.2) is 5.78 Å². The van der Waals surface area contributed by atoms with E-state index in [9.17, 15) is 4.79 Å². The molecule has 0 N–H and O–H groups in total. The van der Waals surface area contributed by atoms with Gasteiger partial charge in [0.05, 0.1) is 0 Å². The number of fused-ring (bicyclic) bond motifs is 1. The number of rotatable bonds is 3. The fraction of sp³-hybridized carbons (Fsp3) is 0.476. The minimum atomic E-state index is -0.303. The molecule has 0 saturated carbocycles. The van der Waals surface area contributed by atoms with E-state index < -0.39 is 0 Å². The van der Waals surface area contributed by atoms with Crippen LogP contribution < -0.4 is 0 Å². The van der Waals surface area contributed by atoms with Crippen molar-refractivity contribution in [3.63, 3.8) is 0 Å². The summed E-state index contributed by atoms with van der Waals surface area (Å²) in [5, 5.41) is 2.51. The Kier molecular flexibility index (Phi) is 4.47. The van der Waals surface area contributed by atoms with E-state index in [1.54, 1.807) is 0 Å². The second-order valence-electron chi connectivity index (χ2n) is 8.38. The summed E-state index contributed by atoms with van der Waals surface area (Å²) in [6.45, 7) is 12.6. The standard InChI is InChI=1S/C21H28O/c1-20(2,3)18(19(22)21(4,5)6)14-16-12-9-11-15-10-7-8-13-17(15)16/h7-13,18H,14H2,1-6H3/t18-/m0/s1. The maximum Gasteiger partial charge on any atom is 0.142 e. The number of carbonyl (C=O) groups is 1. The summed E-state index contributed by atoms with van der Waals surface area (Å²) in [6, 6.07) is 14.8. The molecular formula is C21H28O. The highest BCUT2D eigenvalue weighted by atomic mass is 16.1. The van der Waals surface area contributed by atoms with Gasteiger partial charge in [-0.15, -0.1) is 0 Å². The lowest BCUT2D eigenvalue weighted by Gasteiger charge is -2.34. The lowest BCUT2D eigenvalue weighted by Crippen LogP contribution is -2.37. The largest absolute Gasteiger partial charge is 0.299 e. The summed E-state index contributed by atoms with van der Waals surface area (Å²) in [5.74, 6) is 0.381. The third-order valence-electron chi connectivity index (χ3n) is 4.41. The number of benzene rings is 2. The Labute approximate surface area is 134 Å². The first kappa shape index (κ1) is 16.7. The molecule has 0 aliphatic rings. The maximum absolute atomic E-state index is 13.0. The molecule has 22 heavy (non-hydrogen) atoms. The Morgan fingerprint density at radius 2 is 1.50 bits per heavy atom. The van der Waals surface area contributed by atoms with Gasteiger partial charge < -0.3 is 0 Å². The molecule has 0 spiro atoms. The second-order valence-corrected chi connectivity index (χ2v) is 8.38. The van der Waals surface area contributed by atoms with Crippen LogP contribution in [0.5, 0.6) is 0 Å². The van der Waals surface area contributed by atoms with Crippen LogP contribution in [0.15, 0.2) is 42.5 Å². The quantitative estimate of drug-likeness (QED) is 0.714. The van der Waals surface area contributed by atoms with Crippen molar-refractivity contribution < 1.29 is 4.79 Å². The van der Waals surface area contributed by atoms with Crippen molar-refractivity contribution in [2.75, 3.05) is 0 Å². The normalized spacial score (nSPS) is 14.1. The Hall–Kier alpha value is -1.63. The highest BCUT2D eigenvalue weighted by Crippen LogP contribution is 2.36. The van der Waals surface area contributed by atoms with E-state index in [2.05, 4.69) is 63.2 Å². The van der Waals surface area contributed by atoms with Crippen LogP contribution in [-0.2, 0) is 11.2 Å². The smallest absolute Gasteiger partial charge is 0.142 e. The van der Waals surface area contributed by atoms with Gasteiger partial charge in [-0.05, 0) is 28.2 Å². The van der Waals surface area contributed by atoms with Crippen molar-refractivity contribution in [3.05, 3.63) is 48.0 Å². The molecule has 0 saturated heterocycles. The molecule has 1 heteroatoms. The predicted octanol–water partition coefficient (Wildman–Crippen LogP) is 5.66. The molecule has 2 aromatic rings. The number of hydrogen-bond donors (Lipinski definition) is 0. The molecule has 0 aromatic heterocycles. The first-order valence-electron chi connectivity index (χ1n) is 8.11. The van der Waals surface area contributed by atoms with Crippen LogP contribution in [0.3, 0.4) is 0 Å². The van der Waals surface area contributed by atoms with E-state index in [4.69, 9.17) is 0 Å². The SMILES string of the molecule is CC(C)(C)C(=O)[C@H](Cc1cccc2ccccc12)C(C)(C)C. The fourth-order valence-electron chi connectivity index (χ4n) is 3.01. The van der Waals surface area contributed by atoms with Gasteiger partial charge in [-0.2, -0.15) is 0 Å². The van der Waals surface area contributed by atoms with Crippen LogP contribution >= 0.6 is 0 Å². The van der Waals surface area contributed by atoms with Crippen LogP contribution in [0, 0.1) is 16.7 Å². The average molecular weight is 296 g/mol. The van der Waals surface area contributed by atoms with Crippen molar-refractivity contribution in [1.82, 2.24) is 0 Å². The number of carbonyl (C=O) groups excluding carboxylic acids is 1. The van der Waals surface area contributed by atoms with Gasteiger partial charge in [-0.25, -0.2) is 0 Å². The molecule has 1 nitrogen and oxygen atoms in total. The van der Waals surface area contributed by atoms with Crippen LogP contribution in [0.25, 0.3) is 10.8 Å². The third-order valence-corrected chi connectivity index (χ3v) is 4.41. The molecular weight excluding hydrogens is 268 g/mol. The maximum atomic E-state index is 13.0. The summed E-state index contributed by atoms with van der Waals surface area (Å²) in [5.41, 5.74) is 0.930. The summed E-state index contributed by atoms with van der Waals surface area (Å²) >= 11 is 0. The molecule has 2 aromatic carbocycles. The van der Waals surface area contributed by atoms with Gasteiger partial charge >= 0.3 is 0 Å². The Morgan fingerprint density at radius 1 is 0.909 bits per heavy atom. The third kappa shape index (κ3) is 3.58. The van der Waals surface area contributed by atoms with Gasteiger partial charge in [0, 0.05) is 11.3 Å². The molecule has 2 rings (SSSR count). The van der Waals surface area contributed by atoms with Gasteiger partial charge in [0.1, 0.15) is 5.78 Å². The van der Waals surface area contributed by atoms with Crippen molar-refractivity contribution in [2.24, 2.45) is 16.7 Å². The van der Waals surface area contributed by atoms with Crippen LogP contribution in [0.1, 0.15) is 47.1 Å². The van der Waals surface area contributed by atoms with Gasteiger partial charge in [0.2, 0.25) is 0 Å². The van der Waals surface area contributed by atoms with Crippen LogP contribution in [0.4, 0.5) is 0 Å². The monoisotopic (exact) mass is 296 g/mol. The van der Waals surface area contributed by atoms with Crippen molar-refractivity contribution in [2.45, 2.75) is 48.0 Å². The van der Waals surface area contributed by atoms with E-state index in [1.165, 1.54) is 16.3 Å². The molecule has 0 heterocycles. The van der Waals surface area contributed by atoms with Gasteiger partial charge in [0.15, 0.2) is 0 Å². The zero-order chi connectivity index (χ0) is 16.5. The van der Waals surface area contributed by atoms with E-state index in [0.29, 0.717) is 5.78 Å². The molecule has 1 atom stereocenters. The van der Waals surface area contributed by atoms with Crippen molar-refractivity contribution in [1.29, 1.82) is 0 Å². The highest BCUT2D eigenvalue weighted by Gasteiger charge is 2.37. The Morgan fingerprint density at radius 3 is 2.09 bits per heavy atom. The summed E-state index contributed by atoms with van der Waals surface area (Å²) < 4.78 is 0. The van der Waals surface area contributed by atoms with Crippen molar-refractivity contribution in [3.8, 4) is 0 Å². The van der Waals surface area contributed by atoms with E-state index >= 15 is 0 Å². The predicted molar refractivity (Wildman–Crippen MR) is 95.1 cm³/mol. The highest BCUT2D eigenvalue weighted by molar-refractivity contribution is 5.89. The molecule has 0 amide bonds. The number of Topliss-reactive ketones (excluding diaryl/α,β-unsaturated/α-hetero) is 1. The minimum absolute atomic E-state index is 0.0262. The topological polar surface area (TPSA) is 17.1 Å². The van der Waals surface area contributed by atoms with Gasteiger partial charge in [-0.3, -0.25) is 4.79 Å². The molecule has 0 aliphatic carbocycles. The summed E-state index contributed by atoms with van der Waals surface area (Å²) in [7, 11) is 0. The van der Waals surface area contributed by atoms with Crippen LogP contribution in [0.2, 0.25) is 0 Å². The van der Waals surface area contributed by atoms with E-state index in [1.807, 2.05) is 20.8 Å². The lowest BCUT2D eigenvalue weighted by atomic mass is 9.68. The van der Waals surface area contributed by atoms with E-state index in [0.717, 1.165) is 6.42 Å². The van der Waals surface area contributed by atoms with Gasteiger partial charge in [-0.1, -0.05) is 84.0 Å². The lowest BCUT2D eigenvalue weighted by molar-refractivity contribution is -0.133. The summed E-state index contributed by atoms with van der Waals surface area (Å²) in [6.07, 6.45) is 0.807. The first-order chi connectivity index (χ1) is 10.1. The van der Waals surface area contributed by atoms with Crippen molar-refractivity contribution >= 4 is 16.6 Å². The van der Waals surface area contributed by atoms with Gasteiger partial charge in [0.25, 0.3) is 0 Å². The summed E-state index contributed by atoms with van der Waals surface area (Å²) in [4.78, 5) is 13.0. The fourth-order valence-corrected chi connectivity index (χ4v) is 3.01. The number of hydrogen-bond acceptors (Lipinski definition) is 1. The Balaban J connectivity index is 2.45. The number of ketones is 1. The second kappa shape index (κ2) is 5.87. The van der Waals surface area contributed by atoms with E-state index in [-0.39, 0.29) is 16.7 Å². The molecule has 118 valence electrons. The molecule has 0 unspecified atom stereocenters. The zero-order valence-corrected chi connectivity index (χ0v) is 14.7. The molecule has 0 aliphatic heterocycles. The molecule has 0 fully saturated rings. The Bertz CT molecular complexity index is 663. The molecule has 0 radical (unpaired) electrons. The first-order valence-corrected chi connectivity index (χ1v) is 8.11.